The Bertz CT molecular complexity index is 554. The van der Waals surface area contributed by atoms with Crippen molar-refractivity contribution < 1.29 is 5.11 Å². The van der Waals surface area contributed by atoms with Gasteiger partial charge in [-0.25, -0.2) is 4.79 Å². The van der Waals surface area contributed by atoms with E-state index in [4.69, 9.17) is 5.11 Å². The molecule has 0 spiro atoms. The number of aliphatic hydroxyl groups is 1. The zero-order valence-corrected chi connectivity index (χ0v) is 9.77. The van der Waals surface area contributed by atoms with Crippen molar-refractivity contribution in [3.05, 3.63) is 44.2 Å². The summed E-state index contributed by atoms with van der Waals surface area (Å²) in [6.45, 7) is 1.78. The molecule has 2 N–H and O–H groups in total. The van der Waals surface area contributed by atoms with Gasteiger partial charge in [-0.05, 0) is 31.8 Å². The molecule has 0 bridgehead atoms. The quantitative estimate of drug-likeness (QED) is 0.734. The van der Waals surface area contributed by atoms with Crippen molar-refractivity contribution in [2.45, 2.75) is 32.2 Å². The van der Waals surface area contributed by atoms with Gasteiger partial charge in [0.1, 0.15) is 0 Å². The predicted molar refractivity (Wildman–Crippen MR) is 64.1 cm³/mol. The van der Waals surface area contributed by atoms with Gasteiger partial charge < -0.3 is 5.11 Å². The molecular formula is C12H16N2O3. The lowest BCUT2D eigenvalue weighted by Crippen LogP contribution is -2.33. The van der Waals surface area contributed by atoms with Crippen molar-refractivity contribution in [2.75, 3.05) is 6.61 Å². The van der Waals surface area contributed by atoms with Crippen LogP contribution in [-0.2, 0) is 0 Å². The molecule has 0 fully saturated rings. The van der Waals surface area contributed by atoms with Crippen LogP contribution in [0.1, 0.15) is 30.9 Å². The minimum Gasteiger partial charge on any atom is -0.392 e. The zero-order valence-electron chi connectivity index (χ0n) is 9.77. The number of nitrogens with zero attached hydrogens (tertiary/aromatic N) is 1. The van der Waals surface area contributed by atoms with Gasteiger partial charge in [-0.15, -0.1) is 0 Å². The maximum absolute atomic E-state index is 11.7. The summed E-state index contributed by atoms with van der Waals surface area (Å²) in [6, 6.07) is 0.0772. The second-order valence-corrected chi connectivity index (χ2v) is 4.43. The molecule has 0 saturated carbocycles. The molecule has 1 aromatic heterocycles. The van der Waals surface area contributed by atoms with Crippen LogP contribution in [0.2, 0.25) is 0 Å². The summed E-state index contributed by atoms with van der Waals surface area (Å²) < 4.78 is 1.58. The first kappa shape index (κ1) is 11.9. The Morgan fingerprint density at radius 1 is 1.53 bits per heavy atom. The highest BCUT2D eigenvalue weighted by Crippen LogP contribution is 2.25. The molecule has 5 nitrogen and oxygen atoms in total. The molecule has 1 heterocycles. The second kappa shape index (κ2) is 4.71. The van der Waals surface area contributed by atoms with Gasteiger partial charge in [0.25, 0.3) is 5.56 Å². The highest BCUT2D eigenvalue weighted by Gasteiger charge is 2.17. The molecule has 1 aliphatic carbocycles. The highest BCUT2D eigenvalue weighted by molar-refractivity contribution is 5.09. The van der Waals surface area contributed by atoms with Gasteiger partial charge in [-0.3, -0.25) is 14.3 Å². The van der Waals surface area contributed by atoms with Crippen LogP contribution < -0.4 is 11.2 Å². The maximum atomic E-state index is 11.7. The molecule has 0 radical (unpaired) electrons. The van der Waals surface area contributed by atoms with Crippen LogP contribution in [0.3, 0.4) is 0 Å². The standard InChI is InChI=1S/C12H16N2O3/c1-8-6-14(12(17)13-11(8)16)10-4-2-9(7-15)3-5-10/h2,6,10,15H,3-5,7H2,1H3,(H,13,16,17). The van der Waals surface area contributed by atoms with E-state index in [0.29, 0.717) is 5.56 Å². The van der Waals surface area contributed by atoms with Gasteiger partial charge >= 0.3 is 5.69 Å². The summed E-state index contributed by atoms with van der Waals surface area (Å²) >= 11 is 0. The summed E-state index contributed by atoms with van der Waals surface area (Å²) in [7, 11) is 0. The van der Waals surface area contributed by atoms with E-state index in [1.807, 2.05) is 6.08 Å². The van der Waals surface area contributed by atoms with E-state index in [1.165, 1.54) is 0 Å². The second-order valence-electron chi connectivity index (χ2n) is 4.43. The van der Waals surface area contributed by atoms with E-state index in [0.717, 1.165) is 24.8 Å². The smallest absolute Gasteiger partial charge is 0.328 e. The fourth-order valence-electron chi connectivity index (χ4n) is 2.13. The average molecular weight is 236 g/mol. The van der Waals surface area contributed by atoms with Crippen molar-refractivity contribution in [1.29, 1.82) is 0 Å². The van der Waals surface area contributed by atoms with E-state index in [-0.39, 0.29) is 23.9 Å². The maximum Gasteiger partial charge on any atom is 0.328 e. The Kier molecular flexibility index (Phi) is 3.28. The fraction of sp³-hybridized carbons (Fsp3) is 0.500. The number of hydrogen-bond acceptors (Lipinski definition) is 3. The van der Waals surface area contributed by atoms with Crippen LogP contribution in [0, 0.1) is 6.92 Å². The van der Waals surface area contributed by atoms with Crippen LogP contribution in [-0.4, -0.2) is 21.3 Å². The summed E-state index contributed by atoms with van der Waals surface area (Å²) in [4.78, 5) is 25.3. The lowest BCUT2D eigenvalue weighted by Gasteiger charge is -2.23. The van der Waals surface area contributed by atoms with Crippen molar-refractivity contribution in [2.24, 2.45) is 0 Å². The van der Waals surface area contributed by atoms with E-state index in [2.05, 4.69) is 4.98 Å². The van der Waals surface area contributed by atoms with Crippen LogP contribution in [0.5, 0.6) is 0 Å². The van der Waals surface area contributed by atoms with Crippen molar-refractivity contribution in [3.8, 4) is 0 Å². The number of aromatic nitrogens is 2. The number of nitrogens with one attached hydrogen (secondary N) is 1. The minimum absolute atomic E-state index is 0.0772. The molecule has 5 heteroatoms. The van der Waals surface area contributed by atoms with Crippen LogP contribution in [0.15, 0.2) is 27.4 Å². The van der Waals surface area contributed by atoms with Crippen LogP contribution >= 0.6 is 0 Å². The summed E-state index contributed by atoms with van der Waals surface area (Å²) in [5.41, 5.74) is 0.886. The predicted octanol–water partition coefficient (Wildman–Crippen LogP) is 0.489. The third kappa shape index (κ3) is 2.39. The van der Waals surface area contributed by atoms with Gasteiger partial charge in [0.05, 0.1) is 6.61 Å². The third-order valence-corrected chi connectivity index (χ3v) is 3.22. The number of hydrogen-bond donors (Lipinski definition) is 2. The lowest BCUT2D eigenvalue weighted by atomic mass is 9.95. The molecule has 1 aliphatic rings. The van der Waals surface area contributed by atoms with Gasteiger partial charge in [-0.2, -0.15) is 0 Å². The van der Waals surface area contributed by atoms with Crippen molar-refractivity contribution in [1.82, 2.24) is 9.55 Å². The number of H-pyrrole nitrogens is 1. The fourth-order valence-corrected chi connectivity index (χ4v) is 2.13. The zero-order chi connectivity index (χ0) is 12.4. The summed E-state index contributed by atoms with van der Waals surface area (Å²) in [5.74, 6) is 0. The molecule has 92 valence electrons. The van der Waals surface area contributed by atoms with Crippen molar-refractivity contribution in [3.63, 3.8) is 0 Å². The van der Waals surface area contributed by atoms with E-state index < -0.39 is 0 Å². The first-order valence-corrected chi connectivity index (χ1v) is 5.72. The van der Waals surface area contributed by atoms with E-state index in [9.17, 15) is 9.59 Å². The molecule has 1 aromatic rings. The van der Waals surface area contributed by atoms with Crippen LogP contribution in [0.25, 0.3) is 0 Å². The number of allylic oxidation sites excluding steroid dienone is 1. The minimum atomic E-state index is -0.355. The Morgan fingerprint density at radius 2 is 2.29 bits per heavy atom. The largest absolute Gasteiger partial charge is 0.392 e. The average Bonchev–Trinajstić information content (AvgIpc) is 2.34. The van der Waals surface area contributed by atoms with Gasteiger partial charge in [0.2, 0.25) is 0 Å². The number of aromatic amines is 1. The lowest BCUT2D eigenvalue weighted by molar-refractivity contribution is 0.314. The van der Waals surface area contributed by atoms with E-state index >= 15 is 0 Å². The van der Waals surface area contributed by atoms with Crippen LogP contribution in [0.4, 0.5) is 0 Å². The normalized spacial score (nSPS) is 20.1. The topological polar surface area (TPSA) is 75.1 Å². The molecule has 1 unspecified atom stereocenters. The number of aliphatic hydroxyl groups excluding tert-OH is 1. The van der Waals surface area contributed by atoms with Crippen molar-refractivity contribution >= 4 is 0 Å². The van der Waals surface area contributed by atoms with Gasteiger partial charge in [0.15, 0.2) is 0 Å². The number of aryl methyl sites for hydroxylation is 1. The Hall–Kier alpha value is -1.62. The SMILES string of the molecule is Cc1cn(C2CC=C(CO)CC2)c(=O)[nH]c1=O. The molecule has 0 aliphatic heterocycles. The molecule has 17 heavy (non-hydrogen) atoms. The molecular weight excluding hydrogens is 220 g/mol. The van der Waals surface area contributed by atoms with Gasteiger partial charge in [-0.1, -0.05) is 6.08 Å². The Morgan fingerprint density at radius 3 is 2.88 bits per heavy atom. The van der Waals surface area contributed by atoms with E-state index in [1.54, 1.807) is 17.7 Å². The first-order valence-electron chi connectivity index (χ1n) is 5.72. The molecule has 0 amide bonds. The third-order valence-electron chi connectivity index (χ3n) is 3.22. The monoisotopic (exact) mass is 236 g/mol. The Labute approximate surface area is 98.4 Å². The molecule has 0 aromatic carbocycles. The highest BCUT2D eigenvalue weighted by atomic mass is 16.3. The number of rotatable bonds is 2. The molecule has 2 rings (SSSR count). The Balaban J connectivity index is 2.31. The van der Waals surface area contributed by atoms with Gasteiger partial charge in [0, 0.05) is 17.8 Å². The molecule has 1 atom stereocenters. The summed E-state index contributed by atoms with van der Waals surface area (Å²) in [6.07, 6.45) is 5.93. The molecule has 0 saturated heterocycles. The first-order chi connectivity index (χ1) is 8.11. The summed E-state index contributed by atoms with van der Waals surface area (Å²) in [5, 5.41) is 9.00.